The van der Waals surface area contributed by atoms with E-state index in [2.05, 4.69) is 10.3 Å². The number of alkyl halides is 3. The minimum Gasteiger partial charge on any atom is -0.462 e. The molecule has 0 radical (unpaired) electrons. The maximum Gasteiger partial charge on any atom is 0.418 e. The van der Waals surface area contributed by atoms with E-state index < -0.39 is 22.9 Å². The highest BCUT2D eigenvalue weighted by Gasteiger charge is 2.33. The Hall–Kier alpha value is -2.26. The molecule has 4 nitrogen and oxygen atoms in total. The number of nitrogens with zero attached hydrogens (tertiary/aromatic N) is 1. The highest BCUT2D eigenvalue weighted by molar-refractivity contribution is 7.99. The van der Waals surface area contributed by atoms with Crippen LogP contribution in [0.4, 0.5) is 18.9 Å². The number of benzene rings is 1. The fourth-order valence-corrected chi connectivity index (χ4v) is 3.92. The van der Waals surface area contributed by atoms with E-state index in [1.54, 1.807) is 19.3 Å². The summed E-state index contributed by atoms with van der Waals surface area (Å²) in [7, 11) is 0. The van der Waals surface area contributed by atoms with Crippen molar-refractivity contribution in [1.82, 2.24) is 4.98 Å². The number of aromatic nitrogens is 1. The van der Waals surface area contributed by atoms with Crippen LogP contribution in [0.15, 0.2) is 52.5 Å². The molecule has 3 rings (SSSR count). The molecule has 0 spiro atoms. The molecule has 1 amide bonds. The van der Waals surface area contributed by atoms with Crippen LogP contribution in [-0.2, 0) is 16.7 Å². The molecule has 1 N–H and O–H groups in total. The maximum absolute atomic E-state index is 13.0. The number of hydrogen-bond donors (Lipinski definition) is 1. The van der Waals surface area contributed by atoms with Crippen LogP contribution >= 0.6 is 23.1 Å². The Morgan fingerprint density at radius 2 is 2.07 bits per heavy atom. The number of rotatable bonds is 6. The van der Waals surface area contributed by atoms with Gasteiger partial charge in [-0.3, -0.25) is 4.79 Å². The van der Waals surface area contributed by atoms with Gasteiger partial charge < -0.3 is 9.73 Å². The van der Waals surface area contributed by atoms with Gasteiger partial charge in [0.15, 0.2) is 10.8 Å². The van der Waals surface area contributed by atoms with Gasteiger partial charge in [0.1, 0.15) is 0 Å². The van der Waals surface area contributed by atoms with Crippen LogP contribution in [-0.4, -0.2) is 16.1 Å². The molecule has 1 aromatic carbocycles. The van der Waals surface area contributed by atoms with Gasteiger partial charge in [-0.25, -0.2) is 4.98 Å². The number of hydrogen-bond acceptors (Lipinski definition) is 5. The van der Waals surface area contributed by atoms with Crippen molar-refractivity contribution in [2.45, 2.75) is 24.1 Å². The number of thiazole rings is 1. The molecule has 3 aromatic rings. The van der Waals surface area contributed by atoms with E-state index in [1.165, 1.54) is 41.3 Å². The Kier molecular flexibility index (Phi) is 5.91. The zero-order valence-corrected chi connectivity index (χ0v) is 15.8. The Balaban J connectivity index is 1.59. The average Bonchev–Trinajstić information content (AvgIpc) is 3.30. The predicted octanol–water partition coefficient (Wildman–Crippen LogP) is 5.68. The van der Waals surface area contributed by atoms with Crippen molar-refractivity contribution < 1.29 is 22.4 Å². The van der Waals surface area contributed by atoms with Crippen LogP contribution in [0.1, 0.15) is 18.2 Å². The highest BCUT2D eigenvalue weighted by atomic mass is 32.2. The second-order valence-corrected chi connectivity index (χ2v) is 7.79. The summed E-state index contributed by atoms with van der Waals surface area (Å²) in [6.45, 7) is 1.65. The summed E-state index contributed by atoms with van der Waals surface area (Å²) < 4.78 is 44.3. The Labute approximate surface area is 161 Å². The third-order valence-electron chi connectivity index (χ3n) is 3.62. The second kappa shape index (κ2) is 8.18. The molecule has 0 fully saturated rings. The topological polar surface area (TPSA) is 55.1 Å². The third-order valence-corrected chi connectivity index (χ3v) is 5.71. The number of carbonyl (C=O) groups is 1. The van der Waals surface area contributed by atoms with Crippen molar-refractivity contribution in [2.24, 2.45) is 0 Å². The summed E-state index contributed by atoms with van der Waals surface area (Å²) in [5, 5.41) is 4.44. The van der Waals surface area contributed by atoms with Crippen LogP contribution in [0.5, 0.6) is 0 Å². The van der Waals surface area contributed by atoms with Crippen molar-refractivity contribution in [1.29, 1.82) is 0 Å². The smallest absolute Gasteiger partial charge is 0.418 e. The lowest BCUT2D eigenvalue weighted by atomic mass is 10.1. The van der Waals surface area contributed by atoms with Crippen molar-refractivity contribution in [3.63, 3.8) is 0 Å². The molecule has 142 valence electrons. The van der Waals surface area contributed by atoms with E-state index in [-0.39, 0.29) is 5.69 Å². The van der Waals surface area contributed by atoms with Crippen LogP contribution in [0.3, 0.4) is 0 Å². The SMILES string of the molecule is CC(SCc1csc(-c2ccco2)n1)C(=O)Nc1ccccc1C(F)(F)F. The summed E-state index contributed by atoms with van der Waals surface area (Å²) >= 11 is 2.73. The zero-order valence-electron chi connectivity index (χ0n) is 14.1. The maximum atomic E-state index is 13.0. The summed E-state index contributed by atoms with van der Waals surface area (Å²) in [6, 6.07) is 8.51. The molecule has 2 heterocycles. The van der Waals surface area contributed by atoms with Crippen molar-refractivity contribution in [2.75, 3.05) is 5.32 Å². The van der Waals surface area contributed by atoms with Gasteiger partial charge in [0.2, 0.25) is 5.91 Å². The predicted molar refractivity (Wildman–Crippen MR) is 101 cm³/mol. The van der Waals surface area contributed by atoms with Gasteiger partial charge in [0, 0.05) is 11.1 Å². The molecule has 0 aliphatic heterocycles. The summed E-state index contributed by atoms with van der Waals surface area (Å²) in [4.78, 5) is 16.7. The van der Waals surface area contributed by atoms with E-state index in [0.29, 0.717) is 11.5 Å². The summed E-state index contributed by atoms with van der Waals surface area (Å²) in [5.74, 6) is 0.649. The number of para-hydroxylation sites is 1. The van der Waals surface area contributed by atoms with Gasteiger partial charge in [-0.05, 0) is 31.2 Å². The minimum atomic E-state index is -4.52. The number of furan rings is 1. The fraction of sp³-hybridized carbons (Fsp3) is 0.222. The Bertz CT molecular complexity index is 907. The quantitative estimate of drug-likeness (QED) is 0.566. The first-order chi connectivity index (χ1) is 12.8. The van der Waals surface area contributed by atoms with Gasteiger partial charge >= 0.3 is 6.18 Å². The lowest BCUT2D eigenvalue weighted by Gasteiger charge is -2.16. The molecule has 0 aliphatic rings. The number of carbonyl (C=O) groups excluding carboxylic acids is 1. The van der Waals surface area contributed by atoms with Gasteiger partial charge in [-0.2, -0.15) is 13.2 Å². The van der Waals surface area contributed by atoms with E-state index in [0.717, 1.165) is 16.8 Å². The first-order valence-corrected chi connectivity index (χ1v) is 9.84. The Morgan fingerprint density at radius 3 is 2.78 bits per heavy atom. The number of nitrogens with one attached hydrogen (secondary N) is 1. The van der Waals surface area contributed by atoms with E-state index >= 15 is 0 Å². The van der Waals surface area contributed by atoms with E-state index in [9.17, 15) is 18.0 Å². The van der Waals surface area contributed by atoms with Crippen LogP contribution in [0.2, 0.25) is 0 Å². The number of anilines is 1. The molecule has 2 aromatic heterocycles. The molecule has 0 bridgehead atoms. The summed E-state index contributed by atoms with van der Waals surface area (Å²) in [5.41, 5.74) is -0.318. The standard InChI is InChI=1S/C18H15F3N2O2S2/c1-11(16(24)23-14-6-3-2-5-13(14)18(19,20)21)26-9-12-10-27-17(22-12)15-7-4-8-25-15/h2-8,10-11H,9H2,1H3,(H,23,24). The van der Waals surface area contributed by atoms with Crippen molar-refractivity contribution >= 4 is 34.7 Å². The molecule has 27 heavy (non-hydrogen) atoms. The van der Waals surface area contributed by atoms with E-state index in [1.807, 2.05) is 11.4 Å². The van der Waals surface area contributed by atoms with Crippen LogP contribution < -0.4 is 5.32 Å². The molecule has 0 aliphatic carbocycles. The molecular formula is C18H15F3N2O2S2. The fourth-order valence-electron chi connectivity index (χ4n) is 2.25. The third kappa shape index (κ3) is 4.92. The Morgan fingerprint density at radius 1 is 1.30 bits per heavy atom. The first-order valence-electron chi connectivity index (χ1n) is 7.91. The molecule has 9 heteroatoms. The highest BCUT2D eigenvalue weighted by Crippen LogP contribution is 2.35. The van der Waals surface area contributed by atoms with Gasteiger partial charge in [-0.15, -0.1) is 23.1 Å². The lowest BCUT2D eigenvalue weighted by molar-refractivity contribution is -0.137. The molecule has 0 saturated heterocycles. The average molecular weight is 412 g/mol. The normalized spacial score (nSPS) is 12.7. The summed E-state index contributed by atoms with van der Waals surface area (Å²) in [6.07, 6.45) is -2.96. The largest absolute Gasteiger partial charge is 0.462 e. The van der Waals surface area contributed by atoms with Crippen LogP contribution in [0, 0.1) is 0 Å². The lowest BCUT2D eigenvalue weighted by Crippen LogP contribution is -2.24. The molecule has 0 saturated carbocycles. The second-order valence-electron chi connectivity index (χ2n) is 5.61. The zero-order chi connectivity index (χ0) is 19.4. The monoisotopic (exact) mass is 412 g/mol. The molecule has 1 unspecified atom stereocenters. The molecule has 1 atom stereocenters. The van der Waals surface area contributed by atoms with Gasteiger partial charge in [-0.1, -0.05) is 12.1 Å². The van der Waals surface area contributed by atoms with Gasteiger partial charge in [0.05, 0.1) is 28.5 Å². The first kappa shape index (κ1) is 19.5. The number of halogens is 3. The van der Waals surface area contributed by atoms with E-state index in [4.69, 9.17) is 4.42 Å². The molecular weight excluding hydrogens is 397 g/mol. The number of amides is 1. The minimum absolute atomic E-state index is 0.240. The van der Waals surface area contributed by atoms with Crippen molar-refractivity contribution in [3.05, 3.63) is 59.3 Å². The van der Waals surface area contributed by atoms with Gasteiger partial charge in [0.25, 0.3) is 0 Å². The number of thioether (sulfide) groups is 1. The van der Waals surface area contributed by atoms with Crippen molar-refractivity contribution in [3.8, 4) is 10.8 Å². The van der Waals surface area contributed by atoms with Crippen LogP contribution in [0.25, 0.3) is 10.8 Å².